The Hall–Kier alpha value is -3.15. The third kappa shape index (κ3) is 4.69. The zero-order valence-electron chi connectivity index (χ0n) is 14.5. The zero-order chi connectivity index (χ0) is 18.4. The molecule has 1 saturated heterocycles. The Balaban J connectivity index is 1.58. The van der Waals surface area contributed by atoms with Gasteiger partial charge in [-0.1, -0.05) is 30.3 Å². The van der Waals surface area contributed by atoms with Gasteiger partial charge in [0, 0.05) is 19.2 Å². The Kier molecular flexibility index (Phi) is 5.63. The molecule has 1 aromatic heterocycles. The van der Waals surface area contributed by atoms with Crippen LogP contribution in [-0.2, 0) is 9.59 Å². The maximum Gasteiger partial charge on any atom is 0.248 e. The number of benzene rings is 1. The minimum atomic E-state index is -0.260. The maximum atomic E-state index is 12.0. The smallest absolute Gasteiger partial charge is 0.248 e. The van der Waals surface area contributed by atoms with E-state index in [1.165, 1.54) is 6.08 Å². The van der Waals surface area contributed by atoms with E-state index in [0.29, 0.717) is 12.2 Å². The van der Waals surface area contributed by atoms with E-state index in [2.05, 4.69) is 15.2 Å². The lowest BCUT2D eigenvalue weighted by Gasteiger charge is -2.32. The van der Waals surface area contributed by atoms with Gasteiger partial charge in [-0.15, -0.1) is 0 Å². The number of nitrogens with zero attached hydrogens (tertiary/aromatic N) is 2. The van der Waals surface area contributed by atoms with Crippen molar-refractivity contribution in [3.8, 4) is 0 Å². The van der Waals surface area contributed by atoms with Crippen molar-refractivity contribution in [3.05, 3.63) is 60.3 Å². The first-order chi connectivity index (χ1) is 12.6. The van der Waals surface area contributed by atoms with Crippen LogP contribution in [0.1, 0.15) is 18.4 Å². The van der Waals surface area contributed by atoms with E-state index in [9.17, 15) is 9.59 Å². The molecule has 6 heteroatoms. The van der Waals surface area contributed by atoms with Crippen LogP contribution in [0.3, 0.4) is 0 Å². The number of nitrogens with two attached hydrogens (primary N) is 1. The summed E-state index contributed by atoms with van der Waals surface area (Å²) in [5.74, 6) is 0.181. The van der Waals surface area contributed by atoms with E-state index in [0.717, 1.165) is 30.8 Å². The van der Waals surface area contributed by atoms with Crippen LogP contribution in [0.25, 0.3) is 6.08 Å². The highest BCUT2D eigenvalue weighted by atomic mass is 16.1. The molecule has 0 radical (unpaired) electrons. The lowest BCUT2D eigenvalue weighted by atomic mass is 9.97. The predicted molar refractivity (Wildman–Crippen MR) is 102 cm³/mol. The van der Waals surface area contributed by atoms with Crippen LogP contribution in [0.15, 0.2) is 54.7 Å². The molecular formula is C20H22N4O2. The normalized spacial score (nSPS) is 17.2. The van der Waals surface area contributed by atoms with E-state index in [-0.39, 0.29) is 17.7 Å². The molecule has 1 aromatic carbocycles. The molecule has 0 saturated carbocycles. The Morgan fingerprint density at radius 3 is 2.69 bits per heavy atom. The monoisotopic (exact) mass is 350 g/mol. The molecule has 3 rings (SSSR count). The lowest BCUT2D eigenvalue weighted by Crippen LogP contribution is -2.41. The number of amides is 2. The van der Waals surface area contributed by atoms with Crippen molar-refractivity contribution in [2.75, 3.05) is 23.3 Å². The fourth-order valence-corrected chi connectivity index (χ4v) is 2.98. The Morgan fingerprint density at radius 1 is 1.19 bits per heavy atom. The van der Waals surface area contributed by atoms with Crippen LogP contribution >= 0.6 is 0 Å². The summed E-state index contributed by atoms with van der Waals surface area (Å²) in [6, 6.07) is 13.3. The number of hydrogen-bond donors (Lipinski definition) is 2. The summed E-state index contributed by atoms with van der Waals surface area (Å²) in [4.78, 5) is 29.9. The molecule has 3 N–H and O–H groups in total. The second-order valence-electron chi connectivity index (χ2n) is 6.33. The molecule has 134 valence electrons. The highest BCUT2D eigenvalue weighted by Crippen LogP contribution is 2.22. The number of carbonyl (C=O) groups is 2. The predicted octanol–water partition coefficient (Wildman–Crippen LogP) is 2.44. The molecule has 1 unspecified atom stereocenters. The van der Waals surface area contributed by atoms with Gasteiger partial charge in [-0.3, -0.25) is 9.59 Å². The second kappa shape index (κ2) is 8.29. The minimum Gasteiger partial charge on any atom is -0.369 e. The van der Waals surface area contributed by atoms with Gasteiger partial charge >= 0.3 is 0 Å². The van der Waals surface area contributed by atoms with Gasteiger partial charge in [-0.2, -0.15) is 0 Å². The third-order valence-corrected chi connectivity index (χ3v) is 4.39. The van der Waals surface area contributed by atoms with Crippen LogP contribution in [-0.4, -0.2) is 29.9 Å². The first kappa shape index (κ1) is 17.7. The Bertz CT molecular complexity index is 787. The fourth-order valence-electron chi connectivity index (χ4n) is 2.98. The number of anilines is 2. The average Bonchev–Trinajstić information content (AvgIpc) is 2.68. The Morgan fingerprint density at radius 2 is 2.00 bits per heavy atom. The van der Waals surface area contributed by atoms with Crippen molar-refractivity contribution >= 4 is 29.4 Å². The lowest BCUT2D eigenvalue weighted by molar-refractivity contribution is -0.122. The van der Waals surface area contributed by atoms with Gasteiger partial charge in [0.05, 0.1) is 17.8 Å². The van der Waals surface area contributed by atoms with Crippen molar-refractivity contribution in [1.82, 2.24) is 4.98 Å². The first-order valence-corrected chi connectivity index (χ1v) is 8.66. The number of primary amides is 1. The molecule has 0 aliphatic carbocycles. The fraction of sp³-hybridized carbons (Fsp3) is 0.250. The number of nitrogens with one attached hydrogen (secondary N) is 1. The highest BCUT2D eigenvalue weighted by molar-refractivity contribution is 6.01. The van der Waals surface area contributed by atoms with Gasteiger partial charge in [0.15, 0.2) is 0 Å². The third-order valence-electron chi connectivity index (χ3n) is 4.39. The summed E-state index contributed by atoms with van der Waals surface area (Å²) in [6.45, 7) is 1.44. The van der Waals surface area contributed by atoms with Crippen LogP contribution in [0, 0.1) is 5.92 Å². The standard InChI is InChI=1S/C20H22N4O2/c21-20(26)16-7-4-12-24(14-16)18-10-9-17(13-22-18)23-19(25)11-8-15-5-2-1-3-6-15/h1-3,5-6,8-11,13,16H,4,7,12,14H2,(H2,21,26)(H,23,25)/b11-8+. The molecule has 1 atom stereocenters. The van der Waals surface area contributed by atoms with Gasteiger partial charge in [0.25, 0.3) is 0 Å². The van der Waals surface area contributed by atoms with Crippen LogP contribution in [0.2, 0.25) is 0 Å². The molecule has 6 nitrogen and oxygen atoms in total. The van der Waals surface area contributed by atoms with Crippen molar-refractivity contribution in [3.63, 3.8) is 0 Å². The number of rotatable bonds is 5. The molecule has 26 heavy (non-hydrogen) atoms. The topological polar surface area (TPSA) is 88.3 Å². The molecule has 2 amide bonds. The van der Waals surface area contributed by atoms with E-state index >= 15 is 0 Å². The highest BCUT2D eigenvalue weighted by Gasteiger charge is 2.24. The van der Waals surface area contributed by atoms with E-state index < -0.39 is 0 Å². The van der Waals surface area contributed by atoms with E-state index in [4.69, 9.17) is 5.73 Å². The van der Waals surface area contributed by atoms with Crippen molar-refractivity contribution < 1.29 is 9.59 Å². The van der Waals surface area contributed by atoms with Gasteiger partial charge in [0.1, 0.15) is 5.82 Å². The number of carbonyl (C=O) groups excluding carboxylic acids is 2. The molecular weight excluding hydrogens is 328 g/mol. The summed E-state index contributed by atoms with van der Waals surface area (Å²) in [6.07, 6.45) is 6.61. The number of pyridine rings is 1. The van der Waals surface area contributed by atoms with Gasteiger partial charge in [-0.25, -0.2) is 4.98 Å². The van der Waals surface area contributed by atoms with Crippen LogP contribution in [0.5, 0.6) is 0 Å². The Labute approximate surface area is 152 Å². The van der Waals surface area contributed by atoms with Crippen LogP contribution < -0.4 is 16.0 Å². The van der Waals surface area contributed by atoms with Crippen LogP contribution in [0.4, 0.5) is 11.5 Å². The summed E-state index contributed by atoms with van der Waals surface area (Å²) in [5, 5.41) is 2.79. The SMILES string of the molecule is NC(=O)C1CCCN(c2ccc(NC(=O)/C=C/c3ccccc3)cn2)C1. The summed E-state index contributed by atoms with van der Waals surface area (Å²) in [5.41, 5.74) is 7.01. The minimum absolute atomic E-state index is 0.131. The van der Waals surface area contributed by atoms with Crippen molar-refractivity contribution in [2.24, 2.45) is 11.7 Å². The number of piperidine rings is 1. The van der Waals surface area contributed by atoms with E-state index in [1.54, 1.807) is 12.3 Å². The summed E-state index contributed by atoms with van der Waals surface area (Å²) >= 11 is 0. The average molecular weight is 350 g/mol. The van der Waals surface area contributed by atoms with Crippen molar-refractivity contribution in [1.29, 1.82) is 0 Å². The largest absolute Gasteiger partial charge is 0.369 e. The number of aromatic nitrogens is 1. The van der Waals surface area contributed by atoms with Gasteiger partial charge in [0.2, 0.25) is 11.8 Å². The van der Waals surface area contributed by atoms with Gasteiger partial charge < -0.3 is 16.0 Å². The quantitative estimate of drug-likeness (QED) is 0.811. The number of hydrogen-bond acceptors (Lipinski definition) is 4. The molecule has 0 spiro atoms. The second-order valence-corrected chi connectivity index (χ2v) is 6.33. The molecule has 1 aliphatic rings. The van der Waals surface area contributed by atoms with Crippen molar-refractivity contribution in [2.45, 2.75) is 12.8 Å². The van der Waals surface area contributed by atoms with E-state index in [1.807, 2.05) is 42.5 Å². The summed E-state index contributed by atoms with van der Waals surface area (Å²) in [7, 11) is 0. The molecule has 2 heterocycles. The molecule has 1 fully saturated rings. The van der Waals surface area contributed by atoms with Gasteiger partial charge in [-0.05, 0) is 36.6 Å². The molecule has 1 aliphatic heterocycles. The first-order valence-electron chi connectivity index (χ1n) is 8.66. The molecule has 0 bridgehead atoms. The maximum absolute atomic E-state index is 12.0. The molecule has 2 aromatic rings. The summed E-state index contributed by atoms with van der Waals surface area (Å²) < 4.78 is 0. The zero-order valence-corrected chi connectivity index (χ0v) is 14.5.